The van der Waals surface area contributed by atoms with Crippen LogP contribution in [0.5, 0.6) is 5.75 Å². The molecule has 0 saturated carbocycles. The molecule has 8 heteroatoms. The van der Waals surface area contributed by atoms with Crippen LogP contribution >= 0.6 is 0 Å². The van der Waals surface area contributed by atoms with E-state index in [9.17, 15) is 19.1 Å². The van der Waals surface area contributed by atoms with Gasteiger partial charge in [-0.25, -0.2) is 4.39 Å². The van der Waals surface area contributed by atoms with E-state index in [1.165, 1.54) is 17.0 Å². The Morgan fingerprint density at radius 2 is 1.72 bits per heavy atom. The number of ketones is 1. The summed E-state index contributed by atoms with van der Waals surface area (Å²) in [6.45, 7) is 5.76. The number of morpholine rings is 1. The highest BCUT2D eigenvalue weighted by atomic mass is 19.1. The number of hydrogen-bond donors (Lipinski definition) is 1. The largest absolute Gasteiger partial charge is 0.507 e. The summed E-state index contributed by atoms with van der Waals surface area (Å²) in [4.78, 5) is 30.2. The van der Waals surface area contributed by atoms with Gasteiger partial charge in [0.1, 0.15) is 23.9 Å². The second-order valence-corrected chi connectivity index (χ2v) is 9.75. The lowest BCUT2D eigenvalue weighted by molar-refractivity contribution is -0.140. The molecule has 3 aromatic carbocycles. The van der Waals surface area contributed by atoms with Gasteiger partial charge in [-0.1, -0.05) is 42.5 Å². The SMILES string of the molecule is Cc1cc(OCc2ccccc2)ccc1/C(O)=C1\C(=O)C(=O)N(CCN2CCOCC2)[C@@H]1c1ccc(F)cc1. The summed E-state index contributed by atoms with van der Waals surface area (Å²) >= 11 is 0. The molecule has 39 heavy (non-hydrogen) atoms. The number of aliphatic hydroxyl groups excluding tert-OH is 1. The Labute approximate surface area is 227 Å². The fourth-order valence-corrected chi connectivity index (χ4v) is 5.05. The highest BCUT2D eigenvalue weighted by Gasteiger charge is 2.46. The second-order valence-electron chi connectivity index (χ2n) is 9.75. The van der Waals surface area contributed by atoms with Crippen molar-refractivity contribution in [2.24, 2.45) is 0 Å². The third kappa shape index (κ3) is 5.87. The predicted molar refractivity (Wildman–Crippen MR) is 145 cm³/mol. The molecule has 5 rings (SSSR count). The maximum atomic E-state index is 13.8. The predicted octanol–water partition coefficient (Wildman–Crippen LogP) is 4.47. The molecule has 7 nitrogen and oxygen atoms in total. The maximum Gasteiger partial charge on any atom is 0.295 e. The fourth-order valence-electron chi connectivity index (χ4n) is 5.05. The summed E-state index contributed by atoms with van der Waals surface area (Å²) < 4.78 is 25.1. The van der Waals surface area contributed by atoms with E-state index in [1.54, 1.807) is 30.3 Å². The van der Waals surface area contributed by atoms with Gasteiger partial charge < -0.3 is 19.5 Å². The van der Waals surface area contributed by atoms with Gasteiger partial charge in [0.2, 0.25) is 0 Å². The molecule has 1 amide bonds. The summed E-state index contributed by atoms with van der Waals surface area (Å²) in [5, 5.41) is 11.4. The molecule has 2 heterocycles. The zero-order valence-corrected chi connectivity index (χ0v) is 21.8. The average molecular weight is 531 g/mol. The lowest BCUT2D eigenvalue weighted by atomic mass is 9.94. The minimum Gasteiger partial charge on any atom is -0.507 e. The van der Waals surface area contributed by atoms with Gasteiger partial charge in [0.15, 0.2) is 0 Å². The summed E-state index contributed by atoms with van der Waals surface area (Å²) in [6.07, 6.45) is 0. The summed E-state index contributed by atoms with van der Waals surface area (Å²) in [5.74, 6) is -1.50. The van der Waals surface area contributed by atoms with E-state index in [4.69, 9.17) is 9.47 Å². The van der Waals surface area contributed by atoms with Crippen LogP contribution in [0.1, 0.15) is 28.3 Å². The minimum absolute atomic E-state index is 0.00496. The third-order valence-corrected chi connectivity index (χ3v) is 7.19. The molecule has 0 unspecified atom stereocenters. The van der Waals surface area contributed by atoms with Crippen molar-refractivity contribution in [2.45, 2.75) is 19.6 Å². The topological polar surface area (TPSA) is 79.3 Å². The third-order valence-electron chi connectivity index (χ3n) is 7.19. The molecule has 2 aliphatic heterocycles. The molecule has 2 saturated heterocycles. The molecule has 1 N–H and O–H groups in total. The number of hydrogen-bond acceptors (Lipinski definition) is 6. The molecule has 0 aliphatic carbocycles. The fraction of sp³-hybridized carbons (Fsp3) is 0.290. The van der Waals surface area contributed by atoms with Gasteiger partial charge in [0, 0.05) is 31.7 Å². The van der Waals surface area contributed by atoms with Crippen LogP contribution in [0.2, 0.25) is 0 Å². The van der Waals surface area contributed by atoms with Gasteiger partial charge in [0.05, 0.1) is 24.8 Å². The Hall–Kier alpha value is -4.01. The number of ether oxygens (including phenoxy) is 2. The molecule has 0 spiro atoms. The first-order valence-electron chi connectivity index (χ1n) is 13.0. The van der Waals surface area contributed by atoms with E-state index in [0.717, 1.165) is 18.7 Å². The summed E-state index contributed by atoms with van der Waals surface area (Å²) in [6, 6.07) is 19.8. The Bertz CT molecular complexity index is 1370. The number of carbonyl (C=O) groups is 2. The summed E-state index contributed by atoms with van der Waals surface area (Å²) in [7, 11) is 0. The molecule has 0 aromatic heterocycles. The molecular formula is C31H31FN2O5. The highest BCUT2D eigenvalue weighted by Crippen LogP contribution is 2.40. The smallest absolute Gasteiger partial charge is 0.295 e. The normalized spacial score (nSPS) is 19.4. The molecule has 202 valence electrons. The Morgan fingerprint density at radius 3 is 2.41 bits per heavy atom. The zero-order valence-electron chi connectivity index (χ0n) is 21.8. The van der Waals surface area contributed by atoms with E-state index in [-0.39, 0.29) is 17.9 Å². The van der Waals surface area contributed by atoms with Gasteiger partial charge in [-0.05, 0) is 53.9 Å². The zero-order chi connectivity index (χ0) is 27.4. The molecule has 3 aromatic rings. The highest BCUT2D eigenvalue weighted by molar-refractivity contribution is 6.46. The minimum atomic E-state index is -0.833. The van der Waals surface area contributed by atoms with Crippen molar-refractivity contribution >= 4 is 17.4 Å². The number of nitrogens with zero attached hydrogens (tertiary/aromatic N) is 2. The van der Waals surface area contributed by atoms with Crippen LogP contribution in [-0.4, -0.2) is 66.0 Å². The van der Waals surface area contributed by atoms with Crippen LogP contribution in [0.4, 0.5) is 4.39 Å². The van der Waals surface area contributed by atoms with Crippen molar-refractivity contribution in [3.63, 3.8) is 0 Å². The number of aliphatic hydroxyl groups is 1. The lowest BCUT2D eigenvalue weighted by Crippen LogP contribution is -2.42. The van der Waals surface area contributed by atoms with Crippen molar-refractivity contribution in [2.75, 3.05) is 39.4 Å². The molecule has 2 aliphatic rings. The van der Waals surface area contributed by atoms with E-state index in [0.29, 0.717) is 48.8 Å². The van der Waals surface area contributed by atoms with E-state index in [1.807, 2.05) is 37.3 Å². The number of halogens is 1. The maximum absolute atomic E-state index is 13.8. The van der Waals surface area contributed by atoms with Gasteiger partial charge >= 0.3 is 0 Å². The number of aryl methyl sites for hydroxylation is 1. The van der Waals surface area contributed by atoms with Crippen molar-refractivity contribution in [3.8, 4) is 5.75 Å². The first-order valence-corrected chi connectivity index (χ1v) is 13.0. The van der Waals surface area contributed by atoms with Gasteiger partial charge in [0.25, 0.3) is 11.7 Å². The van der Waals surface area contributed by atoms with Crippen LogP contribution in [0.3, 0.4) is 0 Å². The van der Waals surface area contributed by atoms with Gasteiger partial charge in [-0.2, -0.15) is 0 Å². The molecule has 0 bridgehead atoms. The summed E-state index contributed by atoms with van der Waals surface area (Å²) in [5.41, 5.74) is 2.70. The van der Waals surface area contributed by atoms with Gasteiger partial charge in [-0.3, -0.25) is 14.5 Å². The van der Waals surface area contributed by atoms with Crippen molar-refractivity contribution < 1.29 is 28.6 Å². The van der Waals surface area contributed by atoms with Crippen LogP contribution in [0.25, 0.3) is 5.76 Å². The monoisotopic (exact) mass is 530 g/mol. The van der Waals surface area contributed by atoms with Crippen LogP contribution in [0, 0.1) is 12.7 Å². The number of amides is 1. The molecular weight excluding hydrogens is 499 g/mol. The number of rotatable bonds is 8. The second kappa shape index (κ2) is 11.8. The molecule has 0 radical (unpaired) electrons. The van der Waals surface area contributed by atoms with Crippen molar-refractivity contribution in [1.82, 2.24) is 9.80 Å². The Kier molecular flexibility index (Phi) is 8.05. The Morgan fingerprint density at radius 1 is 1.00 bits per heavy atom. The van der Waals surface area contributed by atoms with E-state index >= 15 is 0 Å². The number of Topliss-reactive ketones (excluding diaryl/α,β-unsaturated/α-hetero) is 1. The molecule has 2 fully saturated rings. The molecule has 1 atom stereocenters. The average Bonchev–Trinajstić information content (AvgIpc) is 3.21. The number of carbonyl (C=O) groups excluding carboxylic acids is 2. The van der Waals surface area contributed by atoms with Crippen LogP contribution < -0.4 is 4.74 Å². The lowest BCUT2D eigenvalue weighted by Gasteiger charge is -2.31. The van der Waals surface area contributed by atoms with Crippen LogP contribution in [-0.2, 0) is 20.9 Å². The first-order chi connectivity index (χ1) is 18.9. The van der Waals surface area contributed by atoms with Crippen molar-refractivity contribution in [3.05, 3.63) is 106 Å². The first kappa shape index (κ1) is 26.6. The Balaban J connectivity index is 1.45. The standard InChI is InChI=1S/C31H31FN2O5/c1-21-19-25(39-20-22-5-3-2-4-6-22)11-12-26(21)29(35)27-28(23-7-9-24(32)10-8-23)34(31(37)30(27)36)14-13-33-15-17-38-18-16-33/h2-12,19,28,35H,13-18,20H2,1H3/b29-27+/t28-/m1/s1. The van der Waals surface area contributed by atoms with Crippen LogP contribution in [0.15, 0.2) is 78.4 Å². The number of benzene rings is 3. The van der Waals surface area contributed by atoms with E-state index < -0.39 is 23.5 Å². The van der Waals surface area contributed by atoms with E-state index in [2.05, 4.69) is 4.90 Å². The van der Waals surface area contributed by atoms with Crippen molar-refractivity contribution in [1.29, 1.82) is 0 Å². The van der Waals surface area contributed by atoms with Gasteiger partial charge in [-0.15, -0.1) is 0 Å². The number of likely N-dealkylation sites (tertiary alicyclic amines) is 1. The quantitative estimate of drug-likeness (QED) is 0.263.